The zero-order valence-corrected chi connectivity index (χ0v) is 9.99. The summed E-state index contributed by atoms with van der Waals surface area (Å²) in [6.07, 6.45) is 3.77. The van der Waals surface area contributed by atoms with Crippen LogP contribution in [0.5, 0.6) is 0 Å². The summed E-state index contributed by atoms with van der Waals surface area (Å²) in [4.78, 5) is 0. The highest BCUT2D eigenvalue weighted by molar-refractivity contribution is 6.33. The minimum absolute atomic E-state index is 0.254. The highest BCUT2D eigenvalue weighted by atomic mass is 35.5. The molecule has 1 aromatic carbocycles. The van der Waals surface area contributed by atoms with Crippen LogP contribution in [0.1, 0.15) is 31.7 Å². The first-order chi connectivity index (χ1) is 7.00. The predicted molar refractivity (Wildman–Crippen MR) is 66.5 cm³/mol. The molecule has 15 heavy (non-hydrogen) atoms. The van der Waals surface area contributed by atoms with Gasteiger partial charge in [-0.1, -0.05) is 11.6 Å². The van der Waals surface area contributed by atoms with Crippen LogP contribution in [0.15, 0.2) is 12.1 Å². The van der Waals surface area contributed by atoms with Gasteiger partial charge in [0.05, 0.1) is 10.7 Å². The van der Waals surface area contributed by atoms with E-state index in [0.717, 1.165) is 11.3 Å². The summed E-state index contributed by atoms with van der Waals surface area (Å²) in [6.45, 7) is 4.30. The van der Waals surface area contributed by atoms with Crippen LogP contribution in [0.25, 0.3) is 0 Å². The maximum absolute atomic E-state index is 6.01. The van der Waals surface area contributed by atoms with Gasteiger partial charge < -0.3 is 11.1 Å². The highest BCUT2D eigenvalue weighted by Crippen LogP contribution is 2.37. The Balaban J connectivity index is 2.24. The third-order valence-corrected chi connectivity index (χ3v) is 3.56. The molecule has 1 aliphatic rings. The van der Waals surface area contributed by atoms with Crippen molar-refractivity contribution in [2.45, 2.75) is 38.6 Å². The van der Waals surface area contributed by atoms with Crippen LogP contribution in [0.4, 0.5) is 11.4 Å². The summed E-state index contributed by atoms with van der Waals surface area (Å²) >= 11 is 6.01. The molecule has 1 fully saturated rings. The SMILES string of the molecule is Cc1cc(N)c(Cl)cc1NC1(C)CCC1. The number of nitrogens with one attached hydrogen (secondary N) is 1. The molecule has 0 aliphatic heterocycles. The number of anilines is 2. The minimum Gasteiger partial charge on any atom is -0.398 e. The summed E-state index contributed by atoms with van der Waals surface area (Å²) in [5.41, 5.74) is 8.91. The third kappa shape index (κ3) is 2.05. The van der Waals surface area contributed by atoms with Gasteiger partial charge in [-0.2, -0.15) is 0 Å². The molecule has 0 amide bonds. The second-order valence-electron chi connectivity index (χ2n) is 4.73. The Morgan fingerprint density at radius 3 is 2.60 bits per heavy atom. The molecule has 0 heterocycles. The lowest BCUT2D eigenvalue weighted by molar-refractivity contribution is 0.306. The number of nitrogen functional groups attached to an aromatic ring is 1. The van der Waals surface area contributed by atoms with Crippen molar-refractivity contribution in [1.82, 2.24) is 0 Å². The molecular weight excluding hydrogens is 208 g/mol. The molecular formula is C12H17ClN2. The second-order valence-corrected chi connectivity index (χ2v) is 5.14. The first-order valence-electron chi connectivity index (χ1n) is 5.34. The number of halogens is 1. The normalized spacial score (nSPS) is 18.3. The summed E-state index contributed by atoms with van der Waals surface area (Å²) in [6, 6.07) is 3.85. The monoisotopic (exact) mass is 224 g/mol. The van der Waals surface area contributed by atoms with Crippen LogP contribution < -0.4 is 11.1 Å². The summed E-state index contributed by atoms with van der Waals surface area (Å²) in [5, 5.41) is 4.18. The van der Waals surface area contributed by atoms with E-state index in [1.807, 2.05) is 12.1 Å². The van der Waals surface area contributed by atoms with E-state index in [2.05, 4.69) is 19.2 Å². The van der Waals surface area contributed by atoms with Gasteiger partial charge in [0.2, 0.25) is 0 Å². The van der Waals surface area contributed by atoms with Crippen molar-refractivity contribution in [3.05, 3.63) is 22.7 Å². The van der Waals surface area contributed by atoms with Crippen molar-refractivity contribution in [1.29, 1.82) is 0 Å². The van der Waals surface area contributed by atoms with E-state index in [0.29, 0.717) is 10.7 Å². The molecule has 1 saturated carbocycles. The summed E-state index contributed by atoms with van der Waals surface area (Å²) < 4.78 is 0. The molecule has 2 rings (SSSR count). The molecule has 0 unspecified atom stereocenters. The zero-order chi connectivity index (χ0) is 11.1. The second kappa shape index (κ2) is 3.60. The third-order valence-electron chi connectivity index (χ3n) is 3.24. The fourth-order valence-electron chi connectivity index (χ4n) is 2.00. The molecule has 1 aliphatic carbocycles. The quantitative estimate of drug-likeness (QED) is 0.754. The van der Waals surface area contributed by atoms with Gasteiger partial charge in [-0.3, -0.25) is 0 Å². The lowest BCUT2D eigenvalue weighted by Crippen LogP contribution is -2.41. The van der Waals surface area contributed by atoms with Crippen LogP contribution in [0.3, 0.4) is 0 Å². The average Bonchev–Trinajstić information content (AvgIpc) is 2.11. The smallest absolute Gasteiger partial charge is 0.0656 e. The van der Waals surface area contributed by atoms with Gasteiger partial charge >= 0.3 is 0 Å². The van der Waals surface area contributed by atoms with Crippen molar-refractivity contribution in [2.24, 2.45) is 0 Å². The van der Waals surface area contributed by atoms with Gasteiger partial charge in [-0.15, -0.1) is 0 Å². The molecule has 0 atom stereocenters. The van der Waals surface area contributed by atoms with Crippen LogP contribution in [-0.2, 0) is 0 Å². The average molecular weight is 225 g/mol. The molecule has 1 aromatic rings. The molecule has 3 heteroatoms. The van der Waals surface area contributed by atoms with Crippen molar-refractivity contribution in [3.8, 4) is 0 Å². The Morgan fingerprint density at radius 1 is 1.40 bits per heavy atom. The standard InChI is InChI=1S/C12H17ClN2/c1-8-6-10(14)9(13)7-11(8)15-12(2)4-3-5-12/h6-7,15H,3-5,14H2,1-2H3. The first-order valence-corrected chi connectivity index (χ1v) is 5.72. The Labute approximate surface area is 95.8 Å². The van der Waals surface area contributed by atoms with E-state index in [1.54, 1.807) is 0 Å². The fourth-order valence-corrected chi connectivity index (χ4v) is 2.16. The maximum atomic E-state index is 6.01. The van der Waals surface area contributed by atoms with Crippen molar-refractivity contribution in [2.75, 3.05) is 11.1 Å². The molecule has 0 aromatic heterocycles. The molecule has 0 spiro atoms. The van der Waals surface area contributed by atoms with E-state index >= 15 is 0 Å². The van der Waals surface area contributed by atoms with Gasteiger partial charge in [0, 0.05) is 11.2 Å². The molecule has 3 N–H and O–H groups in total. The van der Waals surface area contributed by atoms with Gasteiger partial charge in [0.1, 0.15) is 0 Å². The number of benzene rings is 1. The van der Waals surface area contributed by atoms with Gasteiger partial charge in [-0.25, -0.2) is 0 Å². The first kappa shape index (κ1) is 10.6. The molecule has 82 valence electrons. The molecule has 0 saturated heterocycles. The van der Waals surface area contributed by atoms with Gasteiger partial charge in [0.25, 0.3) is 0 Å². The number of hydrogen-bond acceptors (Lipinski definition) is 2. The molecule has 2 nitrogen and oxygen atoms in total. The Hall–Kier alpha value is -0.890. The number of hydrogen-bond donors (Lipinski definition) is 2. The Bertz CT molecular complexity index is 383. The van der Waals surface area contributed by atoms with Crippen LogP contribution in [-0.4, -0.2) is 5.54 Å². The minimum atomic E-state index is 0.254. The highest BCUT2D eigenvalue weighted by Gasteiger charge is 2.31. The van der Waals surface area contributed by atoms with E-state index < -0.39 is 0 Å². The van der Waals surface area contributed by atoms with E-state index in [4.69, 9.17) is 17.3 Å². The largest absolute Gasteiger partial charge is 0.398 e. The van der Waals surface area contributed by atoms with E-state index in [9.17, 15) is 0 Å². The van der Waals surface area contributed by atoms with E-state index in [1.165, 1.54) is 19.3 Å². The number of rotatable bonds is 2. The number of nitrogens with two attached hydrogens (primary N) is 1. The lowest BCUT2D eigenvalue weighted by atomic mass is 9.78. The molecule has 0 radical (unpaired) electrons. The summed E-state index contributed by atoms with van der Waals surface area (Å²) in [5.74, 6) is 0. The fraction of sp³-hybridized carbons (Fsp3) is 0.500. The predicted octanol–water partition coefficient (Wildman–Crippen LogP) is 3.59. The van der Waals surface area contributed by atoms with Crippen LogP contribution in [0, 0.1) is 6.92 Å². The van der Waals surface area contributed by atoms with Gasteiger partial charge in [-0.05, 0) is 50.8 Å². The van der Waals surface area contributed by atoms with Crippen LogP contribution in [0.2, 0.25) is 5.02 Å². The molecule has 0 bridgehead atoms. The van der Waals surface area contributed by atoms with Crippen molar-refractivity contribution < 1.29 is 0 Å². The van der Waals surface area contributed by atoms with Crippen molar-refractivity contribution >= 4 is 23.0 Å². The number of aryl methyl sites for hydroxylation is 1. The lowest BCUT2D eigenvalue weighted by Gasteiger charge is -2.40. The topological polar surface area (TPSA) is 38.0 Å². The Kier molecular flexibility index (Phi) is 2.55. The Morgan fingerprint density at radius 2 is 2.07 bits per heavy atom. The maximum Gasteiger partial charge on any atom is 0.0656 e. The van der Waals surface area contributed by atoms with Crippen molar-refractivity contribution in [3.63, 3.8) is 0 Å². The van der Waals surface area contributed by atoms with Gasteiger partial charge in [0.15, 0.2) is 0 Å². The van der Waals surface area contributed by atoms with E-state index in [-0.39, 0.29) is 5.54 Å². The summed E-state index contributed by atoms with van der Waals surface area (Å²) in [7, 11) is 0. The zero-order valence-electron chi connectivity index (χ0n) is 9.23. The van der Waals surface area contributed by atoms with Crippen LogP contribution >= 0.6 is 11.6 Å².